The van der Waals surface area contributed by atoms with E-state index in [9.17, 15) is 9.00 Å². The lowest BCUT2D eigenvalue weighted by molar-refractivity contribution is 0.103. The predicted molar refractivity (Wildman–Crippen MR) is 114 cm³/mol. The molecule has 0 aliphatic heterocycles. The summed E-state index contributed by atoms with van der Waals surface area (Å²) in [6.07, 6.45) is 1.56. The fourth-order valence-corrected chi connectivity index (χ4v) is 3.72. The van der Waals surface area contributed by atoms with Crippen molar-refractivity contribution in [3.8, 4) is 0 Å². The number of rotatable bonds is 5. The highest BCUT2D eigenvalue weighted by Gasteiger charge is 2.18. The van der Waals surface area contributed by atoms with Gasteiger partial charge in [0.1, 0.15) is 16.7 Å². The van der Waals surface area contributed by atoms with Crippen molar-refractivity contribution in [3.05, 3.63) is 88.7 Å². The van der Waals surface area contributed by atoms with Gasteiger partial charge in [-0.1, -0.05) is 50.6 Å². The summed E-state index contributed by atoms with van der Waals surface area (Å²) in [5.41, 5.74) is 2.24. The summed E-state index contributed by atoms with van der Waals surface area (Å²) in [6, 6.07) is 17.6. The molecule has 2 aromatic carbocycles. The third-order valence-corrected chi connectivity index (χ3v) is 5.60. The van der Waals surface area contributed by atoms with Crippen molar-refractivity contribution in [1.82, 2.24) is 4.98 Å². The Morgan fingerprint density at radius 1 is 1.04 bits per heavy atom. The average Bonchev–Trinajstić information content (AvgIpc) is 2.69. The smallest absolute Gasteiger partial charge is 0.213 e. The van der Waals surface area contributed by atoms with Crippen molar-refractivity contribution >= 4 is 34.1 Å². The summed E-state index contributed by atoms with van der Waals surface area (Å²) in [6.45, 7) is 6.38. The molecular weight excluding hydrogens is 392 g/mol. The first-order valence-corrected chi connectivity index (χ1v) is 10.3. The Kier molecular flexibility index (Phi) is 5.96. The fraction of sp³-hybridized carbons (Fsp3) is 0.182. The van der Waals surface area contributed by atoms with E-state index in [4.69, 9.17) is 11.6 Å². The number of hydrogen-bond acceptors (Lipinski definition) is 3. The summed E-state index contributed by atoms with van der Waals surface area (Å²) >= 11 is 6.09. The third kappa shape index (κ3) is 4.66. The molecule has 0 saturated heterocycles. The molecule has 3 aromatic rings. The molecule has 0 spiro atoms. The number of halogens is 1. The fourth-order valence-electron chi connectivity index (χ4n) is 2.67. The number of pyridine rings is 1. The molecule has 0 aliphatic carbocycles. The van der Waals surface area contributed by atoms with E-state index in [0.717, 1.165) is 5.56 Å². The van der Waals surface area contributed by atoms with E-state index in [0.29, 0.717) is 26.9 Å². The number of benzene rings is 2. The molecule has 0 radical (unpaired) electrons. The molecule has 4 nitrogen and oxygen atoms in total. The molecule has 1 atom stereocenters. The van der Waals surface area contributed by atoms with Crippen molar-refractivity contribution in [2.24, 2.45) is 0 Å². The lowest BCUT2D eigenvalue weighted by Crippen LogP contribution is -2.13. The van der Waals surface area contributed by atoms with Crippen LogP contribution in [0.2, 0.25) is 5.02 Å². The van der Waals surface area contributed by atoms with Gasteiger partial charge in [-0.05, 0) is 53.4 Å². The van der Waals surface area contributed by atoms with Gasteiger partial charge in [-0.2, -0.15) is 0 Å². The van der Waals surface area contributed by atoms with Crippen LogP contribution in [-0.4, -0.2) is 15.0 Å². The molecule has 0 saturated carbocycles. The molecular formula is C22H21ClN2O2S. The van der Waals surface area contributed by atoms with E-state index in [2.05, 4.69) is 30.5 Å². The quantitative estimate of drug-likeness (QED) is 0.571. The minimum absolute atomic E-state index is 0.0197. The highest BCUT2D eigenvalue weighted by atomic mass is 35.5. The third-order valence-electron chi connectivity index (χ3n) is 4.26. The molecule has 0 bridgehead atoms. The van der Waals surface area contributed by atoms with Crippen LogP contribution in [0.5, 0.6) is 0 Å². The molecule has 1 aromatic heterocycles. The zero-order valence-electron chi connectivity index (χ0n) is 15.9. The second-order valence-corrected chi connectivity index (χ2v) is 9.03. The van der Waals surface area contributed by atoms with Gasteiger partial charge in [0.05, 0.1) is 10.6 Å². The Bertz CT molecular complexity index is 1010. The minimum atomic E-state index is -1.52. The molecule has 0 fully saturated rings. The van der Waals surface area contributed by atoms with Crippen molar-refractivity contribution < 1.29 is 9.00 Å². The molecule has 1 N–H and O–H groups in total. The molecule has 144 valence electrons. The zero-order valence-corrected chi connectivity index (χ0v) is 17.5. The van der Waals surface area contributed by atoms with Crippen molar-refractivity contribution in [2.75, 3.05) is 4.72 Å². The normalized spacial score (nSPS) is 12.4. The maximum absolute atomic E-state index is 12.8. The SMILES string of the molecule is CC(C)(C)c1ccc(S(=O)Nc2ccc(Cl)cc2C(=O)c2ccccn2)cc1. The molecule has 1 heterocycles. The Labute approximate surface area is 172 Å². The largest absolute Gasteiger partial charge is 0.300 e. The first-order valence-electron chi connectivity index (χ1n) is 8.80. The van der Waals surface area contributed by atoms with Gasteiger partial charge < -0.3 is 4.72 Å². The van der Waals surface area contributed by atoms with E-state index < -0.39 is 11.0 Å². The van der Waals surface area contributed by atoms with Gasteiger partial charge in [0.15, 0.2) is 0 Å². The first-order chi connectivity index (χ1) is 13.3. The van der Waals surface area contributed by atoms with Crippen molar-refractivity contribution in [1.29, 1.82) is 0 Å². The average molecular weight is 413 g/mol. The molecule has 0 amide bonds. The zero-order chi connectivity index (χ0) is 20.3. The summed E-state index contributed by atoms with van der Waals surface area (Å²) in [5.74, 6) is -0.286. The van der Waals surface area contributed by atoms with Crippen LogP contribution in [0.1, 0.15) is 42.4 Å². The lowest BCUT2D eigenvalue weighted by Gasteiger charge is -2.19. The van der Waals surface area contributed by atoms with Crippen LogP contribution >= 0.6 is 11.6 Å². The van der Waals surface area contributed by atoms with Gasteiger partial charge in [0, 0.05) is 16.8 Å². The van der Waals surface area contributed by atoms with E-state index in [1.807, 2.05) is 24.3 Å². The second-order valence-electron chi connectivity index (χ2n) is 7.38. The Morgan fingerprint density at radius 2 is 1.75 bits per heavy atom. The molecule has 6 heteroatoms. The van der Waals surface area contributed by atoms with E-state index in [1.54, 1.807) is 42.6 Å². The number of nitrogens with one attached hydrogen (secondary N) is 1. The first kappa shape index (κ1) is 20.2. The van der Waals surface area contributed by atoms with E-state index in [-0.39, 0.29) is 11.2 Å². The van der Waals surface area contributed by atoms with E-state index >= 15 is 0 Å². The number of carbonyl (C=O) groups excluding carboxylic acids is 1. The number of anilines is 1. The maximum Gasteiger partial charge on any atom is 0.213 e. The van der Waals surface area contributed by atoms with Crippen molar-refractivity contribution in [2.45, 2.75) is 31.1 Å². The predicted octanol–water partition coefficient (Wildman–Crippen LogP) is 5.40. The highest BCUT2D eigenvalue weighted by molar-refractivity contribution is 7.86. The minimum Gasteiger partial charge on any atom is -0.300 e. The van der Waals surface area contributed by atoms with Crippen LogP contribution in [0.3, 0.4) is 0 Å². The van der Waals surface area contributed by atoms with Gasteiger partial charge in [-0.25, -0.2) is 4.21 Å². The Hall–Kier alpha value is -2.50. The van der Waals surface area contributed by atoms with Crippen LogP contribution < -0.4 is 4.72 Å². The van der Waals surface area contributed by atoms with Crippen LogP contribution in [0.4, 0.5) is 5.69 Å². The topological polar surface area (TPSA) is 59.1 Å². The Morgan fingerprint density at radius 3 is 2.36 bits per heavy atom. The number of ketones is 1. The van der Waals surface area contributed by atoms with Gasteiger partial charge >= 0.3 is 0 Å². The summed E-state index contributed by atoms with van der Waals surface area (Å²) in [5, 5.41) is 0.421. The highest BCUT2D eigenvalue weighted by Crippen LogP contribution is 2.26. The molecule has 1 unspecified atom stereocenters. The molecule has 3 rings (SSSR count). The standard InChI is InChI=1S/C22H21ClN2O2S/c1-22(2,3)15-7-10-17(11-8-15)28(27)25-19-12-9-16(23)14-18(19)21(26)20-6-4-5-13-24-20/h4-14,25H,1-3H3. The second kappa shape index (κ2) is 8.25. The molecule has 28 heavy (non-hydrogen) atoms. The van der Waals surface area contributed by atoms with Crippen molar-refractivity contribution in [3.63, 3.8) is 0 Å². The van der Waals surface area contributed by atoms with Gasteiger partial charge in [-0.3, -0.25) is 9.78 Å². The maximum atomic E-state index is 12.8. The summed E-state index contributed by atoms with van der Waals surface area (Å²) in [4.78, 5) is 17.6. The van der Waals surface area contributed by atoms with E-state index in [1.165, 1.54) is 0 Å². The number of hydrogen-bond donors (Lipinski definition) is 1. The summed E-state index contributed by atoms with van der Waals surface area (Å²) in [7, 11) is -1.52. The van der Waals surface area contributed by atoms with Gasteiger partial charge in [-0.15, -0.1) is 0 Å². The van der Waals surface area contributed by atoms with Gasteiger partial charge in [0.25, 0.3) is 0 Å². The van der Waals surface area contributed by atoms with Gasteiger partial charge in [0.2, 0.25) is 5.78 Å². The lowest BCUT2D eigenvalue weighted by atomic mass is 9.87. The van der Waals surface area contributed by atoms with Crippen LogP contribution in [0, 0.1) is 0 Å². The number of nitrogens with zero attached hydrogens (tertiary/aromatic N) is 1. The number of carbonyl (C=O) groups is 1. The van der Waals surface area contributed by atoms with Crippen LogP contribution in [-0.2, 0) is 16.4 Å². The summed E-state index contributed by atoms with van der Waals surface area (Å²) < 4.78 is 15.7. The Balaban J connectivity index is 1.88. The van der Waals surface area contributed by atoms with Crippen LogP contribution in [0.25, 0.3) is 0 Å². The number of aromatic nitrogens is 1. The monoisotopic (exact) mass is 412 g/mol. The van der Waals surface area contributed by atoms with Crippen LogP contribution in [0.15, 0.2) is 71.8 Å². The molecule has 0 aliphatic rings.